The van der Waals surface area contributed by atoms with Gasteiger partial charge in [-0.15, -0.1) is 0 Å². The standard InChI is InChI=1S/C35H36F3N7O4/c1-42-18-15-28(16-19-42)49-34(48)23-8-10-25(11-9-23)41-32(46)30-31(29-14-17-40-44(29)26-12-6-22(21-39)7-13-26)43(2)45(33(30)47)27-5-3-4-24(20-27)35(36,37)38/h3-7,12-14,17,20,23,25,28H,8-11,15-16,18-19H2,1-2H3,(H,41,46). The summed E-state index contributed by atoms with van der Waals surface area (Å²) in [5, 5.41) is 16.6. The molecule has 4 aromatic rings. The Morgan fingerprint density at radius 3 is 2.31 bits per heavy atom. The molecule has 6 rings (SSSR count). The van der Waals surface area contributed by atoms with Crippen LogP contribution in [0.1, 0.15) is 60.0 Å². The molecular formula is C35H36F3N7O4. The molecule has 256 valence electrons. The van der Waals surface area contributed by atoms with E-state index in [1.165, 1.54) is 34.7 Å². The molecule has 0 bridgehead atoms. The molecular weight excluding hydrogens is 639 g/mol. The lowest BCUT2D eigenvalue weighted by Gasteiger charge is -2.32. The number of carbonyl (C=O) groups is 2. The number of ether oxygens (including phenoxy) is 1. The Morgan fingerprint density at radius 1 is 0.959 bits per heavy atom. The number of alkyl halides is 3. The minimum absolute atomic E-state index is 0.0734. The van der Waals surface area contributed by atoms with Crippen molar-refractivity contribution in [3.63, 3.8) is 0 Å². The Hall–Kier alpha value is -5.16. The molecule has 2 fully saturated rings. The van der Waals surface area contributed by atoms with Crippen molar-refractivity contribution in [2.45, 2.75) is 56.8 Å². The number of nitriles is 1. The lowest BCUT2D eigenvalue weighted by atomic mass is 9.86. The number of hydrogen-bond donors (Lipinski definition) is 1. The van der Waals surface area contributed by atoms with E-state index in [1.54, 1.807) is 30.3 Å². The first kappa shape index (κ1) is 33.7. The van der Waals surface area contributed by atoms with Crippen LogP contribution in [0.5, 0.6) is 0 Å². The second-order valence-electron chi connectivity index (χ2n) is 12.7. The molecule has 0 radical (unpaired) electrons. The molecule has 1 saturated heterocycles. The van der Waals surface area contributed by atoms with Crippen LogP contribution in [0, 0.1) is 17.2 Å². The molecule has 49 heavy (non-hydrogen) atoms. The van der Waals surface area contributed by atoms with Crippen molar-refractivity contribution in [2.75, 3.05) is 20.1 Å². The smallest absolute Gasteiger partial charge is 0.416 e. The van der Waals surface area contributed by atoms with E-state index in [-0.39, 0.29) is 41.0 Å². The third-order valence-electron chi connectivity index (χ3n) is 9.38. The normalized spacial score (nSPS) is 18.9. The first-order valence-electron chi connectivity index (χ1n) is 16.2. The highest BCUT2D eigenvalue weighted by atomic mass is 19.4. The monoisotopic (exact) mass is 675 g/mol. The Balaban J connectivity index is 1.30. The lowest BCUT2D eigenvalue weighted by Crippen LogP contribution is -2.41. The number of nitrogens with one attached hydrogen (secondary N) is 1. The molecule has 2 aromatic heterocycles. The van der Waals surface area contributed by atoms with Crippen molar-refractivity contribution in [3.05, 3.63) is 87.8 Å². The van der Waals surface area contributed by atoms with Gasteiger partial charge in [-0.05, 0) is 94.1 Å². The summed E-state index contributed by atoms with van der Waals surface area (Å²) in [6.07, 6.45) is 0.348. The summed E-state index contributed by atoms with van der Waals surface area (Å²) in [5.74, 6) is -1.18. The van der Waals surface area contributed by atoms with E-state index in [0.29, 0.717) is 42.6 Å². The molecule has 1 saturated carbocycles. The van der Waals surface area contributed by atoms with Gasteiger partial charge in [0, 0.05) is 26.2 Å². The zero-order chi connectivity index (χ0) is 34.9. The molecule has 3 heterocycles. The Kier molecular flexibility index (Phi) is 9.47. The van der Waals surface area contributed by atoms with Gasteiger partial charge in [-0.25, -0.2) is 9.36 Å². The van der Waals surface area contributed by atoms with E-state index in [9.17, 15) is 32.8 Å². The largest absolute Gasteiger partial charge is 0.462 e. The van der Waals surface area contributed by atoms with Gasteiger partial charge in [0.2, 0.25) is 0 Å². The molecule has 1 aliphatic carbocycles. The fourth-order valence-electron chi connectivity index (χ4n) is 6.67. The van der Waals surface area contributed by atoms with Crippen molar-refractivity contribution in [2.24, 2.45) is 13.0 Å². The van der Waals surface area contributed by atoms with Gasteiger partial charge in [0.05, 0.1) is 46.4 Å². The number of hydrogen-bond acceptors (Lipinski definition) is 7. The molecule has 2 aliphatic rings. The number of amides is 1. The van der Waals surface area contributed by atoms with E-state index in [2.05, 4.69) is 21.4 Å². The number of piperidine rings is 1. The number of rotatable bonds is 7. The fraction of sp³-hybridized carbons (Fsp3) is 0.400. The van der Waals surface area contributed by atoms with Crippen molar-refractivity contribution in [1.82, 2.24) is 29.4 Å². The summed E-state index contributed by atoms with van der Waals surface area (Å²) in [4.78, 5) is 43.2. The quantitative estimate of drug-likeness (QED) is 0.278. The van der Waals surface area contributed by atoms with Gasteiger partial charge >= 0.3 is 12.1 Å². The molecule has 0 spiro atoms. The second kappa shape index (κ2) is 13.8. The number of carbonyl (C=O) groups excluding carboxylic acids is 2. The second-order valence-corrected chi connectivity index (χ2v) is 12.7. The van der Waals surface area contributed by atoms with E-state index in [4.69, 9.17) is 4.74 Å². The van der Waals surface area contributed by atoms with E-state index in [1.807, 2.05) is 7.05 Å². The van der Waals surface area contributed by atoms with Crippen LogP contribution in [-0.4, -0.2) is 68.2 Å². The molecule has 11 nitrogen and oxygen atoms in total. The van der Waals surface area contributed by atoms with Gasteiger partial charge in [0.1, 0.15) is 17.4 Å². The number of esters is 1. The Labute approximate surface area is 280 Å². The van der Waals surface area contributed by atoms with Gasteiger partial charge < -0.3 is 15.0 Å². The third kappa shape index (κ3) is 7.03. The third-order valence-corrected chi connectivity index (χ3v) is 9.38. The van der Waals surface area contributed by atoms with Crippen LogP contribution in [-0.2, 0) is 22.8 Å². The van der Waals surface area contributed by atoms with Crippen LogP contribution in [0.4, 0.5) is 13.2 Å². The van der Waals surface area contributed by atoms with Gasteiger partial charge in [0.15, 0.2) is 0 Å². The summed E-state index contributed by atoms with van der Waals surface area (Å²) < 4.78 is 50.7. The minimum Gasteiger partial charge on any atom is -0.462 e. The highest BCUT2D eigenvalue weighted by Crippen LogP contribution is 2.32. The molecule has 2 aromatic carbocycles. The minimum atomic E-state index is -4.65. The SMILES string of the molecule is CN1CCC(OC(=O)C2CCC(NC(=O)c3c(-c4ccnn4-c4ccc(C#N)cc4)n(C)n(-c4cccc(C(F)(F)F)c4)c3=O)CC2)CC1. The van der Waals surface area contributed by atoms with Crippen molar-refractivity contribution < 1.29 is 27.5 Å². The first-order valence-corrected chi connectivity index (χ1v) is 16.2. The maximum Gasteiger partial charge on any atom is 0.416 e. The zero-order valence-corrected chi connectivity index (χ0v) is 27.1. The predicted octanol–water partition coefficient (Wildman–Crippen LogP) is 4.85. The van der Waals surface area contributed by atoms with E-state index in [0.717, 1.165) is 42.7 Å². The maximum absolute atomic E-state index is 14.1. The molecule has 0 atom stereocenters. The van der Waals surface area contributed by atoms with Crippen molar-refractivity contribution in [1.29, 1.82) is 5.26 Å². The molecule has 1 N–H and O–H groups in total. The van der Waals surface area contributed by atoms with E-state index >= 15 is 0 Å². The number of benzene rings is 2. The van der Waals surface area contributed by atoms with Crippen LogP contribution in [0.25, 0.3) is 22.8 Å². The van der Waals surface area contributed by atoms with Crippen LogP contribution in [0.3, 0.4) is 0 Å². The fourth-order valence-corrected chi connectivity index (χ4v) is 6.67. The highest BCUT2D eigenvalue weighted by Gasteiger charge is 2.35. The Bertz CT molecular complexity index is 1940. The van der Waals surface area contributed by atoms with Gasteiger partial charge in [-0.3, -0.25) is 19.1 Å². The summed E-state index contributed by atoms with van der Waals surface area (Å²) >= 11 is 0. The lowest BCUT2D eigenvalue weighted by molar-refractivity contribution is -0.157. The average molecular weight is 676 g/mol. The predicted molar refractivity (Wildman–Crippen MR) is 173 cm³/mol. The number of nitrogens with zero attached hydrogens (tertiary/aromatic N) is 6. The van der Waals surface area contributed by atoms with Gasteiger partial charge in [-0.2, -0.15) is 23.5 Å². The van der Waals surface area contributed by atoms with Gasteiger partial charge in [-0.1, -0.05) is 6.07 Å². The number of likely N-dealkylation sites (tertiary alicyclic amines) is 1. The average Bonchev–Trinajstić information content (AvgIpc) is 3.67. The first-order chi connectivity index (χ1) is 23.4. The Morgan fingerprint density at radius 2 is 1.65 bits per heavy atom. The summed E-state index contributed by atoms with van der Waals surface area (Å²) in [6.45, 7) is 1.75. The molecule has 14 heteroatoms. The number of aromatic nitrogens is 4. The van der Waals surface area contributed by atoms with Crippen LogP contribution < -0.4 is 10.9 Å². The van der Waals surface area contributed by atoms with Crippen molar-refractivity contribution in [3.8, 4) is 28.8 Å². The molecule has 1 aliphatic heterocycles. The van der Waals surface area contributed by atoms with E-state index < -0.39 is 23.2 Å². The van der Waals surface area contributed by atoms with Crippen LogP contribution >= 0.6 is 0 Å². The molecule has 0 unspecified atom stereocenters. The zero-order valence-electron chi connectivity index (χ0n) is 27.1. The highest BCUT2D eigenvalue weighted by molar-refractivity contribution is 6.00. The van der Waals surface area contributed by atoms with Crippen LogP contribution in [0.15, 0.2) is 65.6 Å². The topological polar surface area (TPSA) is 127 Å². The molecule has 1 amide bonds. The summed E-state index contributed by atoms with van der Waals surface area (Å²) in [7, 11) is 3.53. The van der Waals surface area contributed by atoms with Crippen molar-refractivity contribution >= 4 is 11.9 Å². The maximum atomic E-state index is 14.1. The summed E-state index contributed by atoms with van der Waals surface area (Å²) in [6, 6.07) is 14.2. The van der Waals surface area contributed by atoms with Crippen LogP contribution in [0.2, 0.25) is 0 Å². The number of halogens is 3. The van der Waals surface area contributed by atoms with Gasteiger partial charge in [0.25, 0.3) is 11.5 Å². The summed E-state index contributed by atoms with van der Waals surface area (Å²) in [5.41, 5.74) is -0.662.